The Bertz CT molecular complexity index is 399. The van der Waals surface area contributed by atoms with Gasteiger partial charge in [0.1, 0.15) is 0 Å². The fraction of sp³-hybridized carbons (Fsp3) is 0.600. The van der Waals surface area contributed by atoms with Crippen LogP contribution in [0.2, 0.25) is 0 Å². The van der Waals surface area contributed by atoms with Crippen molar-refractivity contribution in [1.82, 2.24) is 5.32 Å². The zero-order valence-electron chi connectivity index (χ0n) is 11.9. The van der Waals surface area contributed by atoms with E-state index < -0.39 is 11.7 Å². The van der Waals surface area contributed by atoms with Crippen molar-refractivity contribution >= 4 is 0 Å². The van der Waals surface area contributed by atoms with Crippen LogP contribution in [-0.4, -0.2) is 6.04 Å². The lowest BCUT2D eigenvalue weighted by molar-refractivity contribution is -0.138. The third-order valence-electron chi connectivity index (χ3n) is 3.44. The van der Waals surface area contributed by atoms with Crippen LogP contribution >= 0.6 is 0 Å². The third-order valence-corrected chi connectivity index (χ3v) is 3.44. The van der Waals surface area contributed by atoms with E-state index in [9.17, 15) is 13.2 Å². The van der Waals surface area contributed by atoms with Gasteiger partial charge in [0.15, 0.2) is 0 Å². The van der Waals surface area contributed by atoms with Gasteiger partial charge < -0.3 is 5.32 Å². The van der Waals surface area contributed by atoms with Gasteiger partial charge in [-0.2, -0.15) is 13.2 Å². The van der Waals surface area contributed by atoms with Gasteiger partial charge in [-0.3, -0.25) is 0 Å². The predicted molar refractivity (Wildman–Crippen MR) is 71.9 cm³/mol. The van der Waals surface area contributed by atoms with Gasteiger partial charge in [0, 0.05) is 12.1 Å². The lowest BCUT2D eigenvalue weighted by atomic mass is 9.96. The summed E-state index contributed by atoms with van der Waals surface area (Å²) in [5, 5.41) is 3.29. The number of rotatable bonds is 5. The summed E-state index contributed by atoms with van der Waals surface area (Å²) in [6.07, 6.45) is -3.40. The Hall–Kier alpha value is -1.03. The molecule has 2 unspecified atom stereocenters. The second kappa shape index (κ2) is 6.42. The smallest absolute Gasteiger partial charge is 0.307 e. The van der Waals surface area contributed by atoms with Crippen molar-refractivity contribution in [2.75, 3.05) is 0 Å². The molecule has 19 heavy (non-hydrogen) atoms. The van der Waals surface area contributed by atoms with Gasteiger partial charge in [-0.25, -0.2) is 0 Å². The molecule has 0 aromatic heterocycles. The minimum absolute atomic E-state index is 0.219. The molecule has 4 heteroatoms. The number of nitrogens with one attached hydrogen (secondary N) is 1. The molecule has 0 heterocycles. The Morgan fingerprint density at radius 2 is 1.68 bits per heavy atom. The normalized spacial score (nSPS) is 15.6. The Kier molecular flexibility index (Phi) is 5.41. The average molecular weight is 273 g/mol. The Morgan fingerprint density at radius 1 is 1.11 bits per heavy atom. The molecular formula is C15H22F3N. The SMILES string of the molecule is CCC(NC(C)c1ccccc1C(F)(F)F)C(C)C. The lowest BCUT2D eigenvalue weighted by Gasteiger charge is -2.27. The quantitative estimate of drug-likeness (QED) is 0.813. The third kappa shape index (κ3) is 4.23. The fourth-order valence-corrected chi connectivity index (χ4v) is 2.33. The number of hydrogen-bond donors (Lipinski definition) is 1. The summed E-state index contributed by atoms with van der Waals surface area (Å²) in [6.45, 7) is 7.97. The molecule has 2 atom stereocenters. The summed E-state index contributed by atoms with van der Waals surface area (Å²) < 4.78 is 38.9. The minimum Gasteiger partial charge on any atom is -0.307 e. The molecule has 1 aromatic rings. The topological polar surface area (TPSA) is 12.0 Å². The second-order valence-corrected chi connectivity index (χ2v) is 5.23. The largest absolute Gasteiger partial charge is 0.416 e. The van der Waals surface area contributed by atoms with E-state index in [1.165, 1.54) is 6.07 Å². The maximum Gasteiger partial charge on any atom is 0.416 e. The molecule has 0 bridgehead atoms. The van der Waals surface area contributed by atoms with E-state index in [1.807, 2.05) is 6.92 Å². The molecule has 0 aliphatic rings. The van der Waals surface area contributed by atoms with Crippen LogP contribution in [-0.2, 0) is 6.18 Å². The summed E-state index contributed by atoms with van der Waals surface area (Å²) in [4.78, 5) is 0. The number of alkyl halides is 3. The number of hydrogen-bond acceptors (Lipinski definition) is 1. The van der Waals surface area contributed by atoms with Gasteiger partial charge in [-0.05, 0) is 30.9 Å². The van der Waals surface area contributed by atoms with E-state index in [0.29, 0.717) is 11.5 Å². The molecule has 0 amide bonds. The van der Waals surface area contributed by atoms with Crippen LogP contribution < -0.4 is 5.32 Å². The average Bonchev–Trinajstić information content (AvgIpc) is 2.34. The van der Waals surface area contributed by atoms with Crippen LogP contribution in [0.4, 0.5) is 13.2 Å². The van der Waals surface area contributed by atoms with Gasteiger partial charge >= 0.3 is 6.18 Å². The van der Waals surface area contributed by atoms with Crippen molar-refractivity contribution in [1.29, 1.82) is 0 Å². The highest BCUT2D eigenvalue weighted by atomic mass is 19.4. The lowest BCUT2D eigenvalue weighted by Crippen LogP contribution is -2.35. The van der Waals surface area contributed by atoms with Crippen molar-refractivity contribution in [2.24, 2.45) is 5.92 Å². The van der Waals surface area contributed by atoms with Crippen LogP contribution in [0.3, 0.4) is 0 Å². The van der Waals surface area contributed by atoms with Crippen LogP contribution in [0, 0.1) is 5.92 Å². The van der Waals surface area contributed by atoms with Crippen molar-refractivity contribution in [3.8, 4) is 0 Å². The first-order chi connectivity index (χ1) is 8.77. The maximum atomic E-state index is 13.0. The van der Waals surface area contributed by atoms with Crippen molar-refractivity contribution in [3.63, 3.8) is 0 Å². The van der Waals surface area contributed by atoms with Crippen LogP contribution in [0.15, 0.2) is 24.3 Å². The molecular weight excluding hydrogens is 251 g/mol. The molecule has 0 aliphatic carbocycles. The van der Waals surface area contributed by atoms with Crippen LogP contribution in [0.25, 0.3) is 0 Å². The van der Waals surface area contributed by atoms with Crippen molar-refractivity contribution < 1.29 is 13.2 Å². The number of benzene rings is 1. The number of halogens is 3. The van der Waals surface area contributed by atoms with Gasteiger partial charge in [-0.1, -0.05) is 39.0 Å². The van der Waals surface area contributed by atoms with E-state index in [-0.39, 0.29) is 12.1 Å². The molecule has 0 saturated heterocycles. The van der Waals surface area contributed by atoms with E-state index >= 15 is 0 Å². The molecule has 1 rings (SSSR count). The summed E-state index contributed by atoms with van der Waals surface area (Å²) in [6, 6.07) is 5.68. The first kappa shape index (κ1) is 16.0. The first-order valence-corrected chi connectivity index (χ1v) is 6.69. The van der Waals surface area contributed by atoms with E-state index in [4.69, 9.17) is 0 Å². The van der Waals surface area contributed by atoms with Gasteiger partial charge in [0.25, 0.3) is 0 Å². The molecule has 1 N–H and O–H groups in total. The summed E-state index contributed by atoms with van der Waals surface area (Å²) in [5.41, 5.74) is -0.234. The Balaban J connectivity index is 2.97. The molecule has 1 nitrogen and oxygen atoms in total. The van der Waals surface area contributed by atoms with Crippen molar-refractivity contribution in [2.45, 2.75) is 52.4 Å². The maximum absolute atomic E-state index is 13.0. The molecule has 0 aliphatic heterocycles. The first-order valence-electron chi connectivity index (χ1n) is 6.69. The van der Waals surface area contributed by atoms with Gasteiger partial charge in [0.05, 0.1) is 5.56 Å². The summed E-state index contributed by atoms with van der Waals surface area (Å²) in [7, 11) is 0. The molecule has 0 fully saturated rings. The van der Waals surface area contributed by atoms with E-state index in [0.717, 1.165) is 12.5 Å². The van der Waals surface area contributed by atoms with E-state index in [2.05, 4.69) is 19.2 Å². The standard InChI is InChI=1S/C15H22F3N/c1-5-14(10(2)3)19-11(4)12-8-6-7-9-13(12)15(16,17)18/h6-11,14,19H,5H2,1-4H3. The molecule has 0 radical (unpaired) electrons. The summed E-state index contributed by atoms with van der Waals surface area (Å²) in [5.74, 6) is 0.394. The van der Waals surface area contributed by atoms with Crippen LogP contribution in [0.1, 0.15) is 51.3 Å². The predicted octanol–water partition coefficient (Wildman–Crippen LogP) is 4.79. The molecule has 0 saturated carbocycles. The fourth-order valence-electron chi connectivity index (χ4n) is 2.33. The van der Waals surface area contributed by atoms with E-state index in [1.54, 1.807) is 19.1 Å². The zero-order chi connectivity index (χ0) is 14.6. The van der Waals surface area contributed by atoms with Gasteiger partial charge in [0.2, 0.25) is 0 Å². The monoisotopic (exact) mass is 273 g/mol. The highest BCUT2D eigenvalue weighted by molar-refractivity contribution is 5.32. The minimum atomic E-state index is -4.30. The molecule has 0 spiro atoms. The second-order valence-electron chi connectivity index (χ2n) is 5.23. The van der Waals surface area contributed by atoms with Crippen molar-refractivity contribution in [3.05, 3.63) is 35.4 Å². The zero-order valence-corrected chi connectivity index (χ0v) is 11.9. The molecule has 1 aromatic carbocycles. The Labute approximate surface area is 113 Å². The highest BCUT2D eigenvalue weighted by Gasteiger charge is 2.34. The highest BCUT2D eigenvalue weighted by Crippen LogP contribution is 2.34. The Morgan fingerprint density at radius 3 is 2.16 bits per heavy atom. The summed E-state index contributed by atoms with van der Waals surface area (Å²) >= 11 is 0. The van der Waals surface area contributed by atoms with Gasteiger partial charge in [-0.15, -0.1) is 0 Å². The molecule has 108 valence electrons. The van der Waals surface area contributed by atoms with Crippen LogP contribution in [0.5, 0.6) is 0 Å².